The average Bonchev–Trinajstić information content (AvgIpc) is 2.26. The molecule has 15 heavy (non-hydrogen) atoms. The molecule has 0 saturated carbocycles. The Balaban J connectivity index is 2.20. The Hall–Kier alpha value is -1.06. The van der Waals surface area contributed by atoms with Crippen LogP contribution in [-0.4, -0.2) is 21.5 Å². The van der Waals surface area contributed by atoms with Crippen LogP contribution in [0.4, 0.5) is 0 Å². The fourth-order valence-electron chi connectivity index (χ4n) is 1.04. The molecule has 0 atom stereocenters. The normalized spacial score (nSPS) is 11.1. The van der Waals surface area contributed by atoms with Crippen LogP contribution < -0.4 is 4.74 Å². The SMILES string of the molecule is C=C[Si](C)(C)OCCOc1ccccc1. The third-order valence-corrected chi connectivity index (χ3v) is 3.99. The van der Waals surface area contributed by atoms with E-state index in [4.69, 9.17) is 9.16 Å². The minimum Gasteiger partial charge on any atom is -0.491 e. The van der Waals surface area contributed by atoms with Gasteiger partial charge in [-0.05, 0) is 25.2 Å². The fourth-order valence-corrected chi connectivity index (χ4v) is 1.77. The maximum atomic E-state index is 5.70. The van der Waals surface area contributed by atoms with Crippen LogP contribution in [0.2, 0.25) is 13.1 Å². The van der Waals surface area contributed by atoms with Gasteiger partial charge < -0.3 is 9.16 Å². The first-order chi connectivity index (χ1) is 7.14. The van der Waals surface area contributed by atoms with E-state index in [1.165, 1.54) is 0 Å². The molecule has 82 valence electrons. The Bertz CT molecular complexity index is 296. The van der Waals surface area contributed by atoms with E-state index >= 15 is 0 Å². The summed E-state index contributed by atoms with van der Waals surface area (Å²) in [5.74, 6) is 0.888. The number of ether oxygens (including phenoxy) is 1. The fraction of sp³-hybridized carbons (Fsp3) is 0.333. The first kappa shape index (κ1) is 12.0. The lowest BCUT2D eigenvalue weighted by Gasteiger charge is -2.18. The van der Waals surface area contributed by atoms with Crippen LogP contribution in [0.1, 0.15) is 0 Å². The predicted octanol–water partition coefficient (Wildman–Crippen LogP) is 3.01. The Morgan fingerprint density at radius 3 is 2.47 bits per heavy atom. The van der Waals surface area contributed by atoms with E-state index in [1.54, 1.807) is 0 Å². The summed E-state index contributed by atoms with van der Waals surface area (Å²) in [6, 6.07) is 9.76. The molecule has 0 spiro atoms. The van der Waals surface area contributed by atoms with Crippen molar-refractivity contribution < 1.29 is 9.16 Å². The molecule has 0 saturated heterocycles. The average molecular weight is 222 g/mol. The summed E-state index contributed by atoms with van der Waals surface area (Å²) >= 11 is 0. The van der Waals surface area contributed by atoms with Gasteiger partial charge in [-0.25, -0.2) is 0 Å². The second kappa shape index (κ2) is 5.73. The van der Waals surface area contributed by atoms with Crippen LogP contribution in [0.25, 0.3) is 0 Å². The Kier molecular flexibility index (Phi) is 4.59. The highest BCUT2D eigenvalue weighted by Gasteiger charge is 2.16. The minimum atomic E-state index is -1.63. The van der Waals surface area contributed by atoms with Crippen molar-refractivity contribution in [2.24, 2.45) is 0 Å². The molecule has 0 radical (unpaired) electrons. The van der Waals surface area contributed by atoms with Gasteiger partial charge in [-0.3, -0.25) is 0 Å². The summed E-state index contributed by atoms with van der Waals surface area (Å²) in [7, 11) is -1.63. The molecule has 1 rings (SSSR count). The quantitative estimate of drug-likeness (QED) is 0.544. The zero-order valence-corrected chi connectivity index (χ0v) is 10.4. The molecule has 0 N–H and O–H groups in total. The number of hydrogen-bond acceptors (Lipinski definition) is 2. The molecular formula is C12H18O2Si. The van der Waals surface area contributed by atoms with Crippen molar-refractivity contribution in [2.75, 3.05) is 13.2 Å². The summed E-state index contributed by atoms with van der Waals surface area (Å²) in [5.41, 5.74) is 1.93. The largest absolute Gasteiger partial charge is 0.491 e. The molecule has 1 aromatic carbocycles. The summed E-state index contributed by atoms with van der Waals surface area (Å²) in [6.07, 6.45) is 0. The number of para-hydroxylation sites is 1. The van der Waals surface area contributed by atoms with E-state index in [2.05, 4.69) is 19.7 Å². The standard InChI is InChI=1S/C12H18O2Si/c1-4-15(2,3)14-11-10-13-12-8-6-5-7-9-12/h4-9H,1,10-11H2,2-3H3. The van der Waals surface area contributed by atoms with Gasteiger partial charge in [-0.2, -0.15) is 0 Å². The highest BCUT2D eigenvalue weighted by Crippen LogP contribution is 2.09. The third kappa shape index (κ3) is 4.81. The molecule has 0 aliphatic rings. The highest BCUT2D eigenvalue weighted by molar-refractivity contribution is 6.76. The molecule has 0 aliphatic carbocycles. The van der Waals surface area contributed by atoms with Gasteiger partial charge in [0.2, 0.25) is 8.32 Å². The van der Waals surface area contributed by atoms with Crippen LogP contribution >= 0.6 is 0 Å². The van der Waals surface area contributed by atoms with Crippen molar-refractivity contribution in [1.29, 1.82) is 0 Å². The Labute approximate surface area is 92.7 Å². The second-order valence-electron chi connectivity index (χ2n) is 3.82. The highest BCUT2D eigenvalue weighted by atomic mass is 28.4. The van der Waals surface area contributed by atoms with E-state index in [9.17, 15) is 0 Å². The molecule has 0 bridgehead atoms. The van der Waals surface area contributed by atoms with Crippen molar-refractivity contribution in [2.45, 2.75) is 13.1 Å². The van der Waals surface area contributed by atoms with E-state index in [0.717, 1.165) is 5.75 Å². The van der Waals surface area contributed by atoms with E-state index in [-0.39, 0.29) is 0 Å². The molecule has 3 heteroatoms. The smallest absolute Gasteiger partial charge is 0.210 e. The number of hydrogen-bond donors (Lipinski definition) is 0. The van der Waals surface area contributed by atoms with Crippen molar-refractivity contribution in [3.05, 3.63) is 42.6 Å². The molecule has 0 unspecified atom stereocenters. The number of rotatable bonds is 6. The lowest BCUT2D eigenvalue weighted by Crippen LogP contribution is -2.29. The van der Waals surface area contributed by atoms with Gasteiger partial charge >= 0.3 is 0 Å². The zero-order chi connectivity index (χ0) is 11.1. The summed E-state index contributed by atoms with van der Waals surface area (Å²) < 4.78 is 11.2. The molecule has 0 aliphatic heterocycles. The van der Waals surface area contributed by atoms with Crippen LogP contribution in [0.3, 0.4) is 0 Å². The van der Waals surface area contributed by atoms with Crippen molar-refractivity contribution >= 4 is 8.32 Å². The molecule has 0 amide bonds. The van der Waals surface area contributed by atoms with Crippen molar-refractivity contribution in [1.82, 2.24) is 0 Å². The first-order valence-electron chi connectivity index (χ1n) is 5.09. The lowest BCUT2D eigenvalue weighted by atomic mass is 10.3. The third-order valence-electron chi connectivity index (χ3n) is 2.06. The van der Waals surface area contributed by atoms with Crippen LogP contribution in [0.5, 0.6) is 5.75 Å². The molecular weight excluding hydrogens is 204 g/mol. The van der Waals surface area contributed by atoms with Gasteiger partial charge in [0, 0.05) is 0 Å². The second-order valence-corrected chi connectivity index (χ2v) is 7.72. The van der Waals surface area contributed by atoms with Gasteiger partial charge in [0.25, 0.3) is 0 Å². The van der Waals surface area contributed by atoms with Crippen molar-refractivity contribution in [3.63, 3.8) is 0 Å². The molecule has 2 nitrogen and oxygen atoms in total. The van der Waals surface area contributed by atoms with E-state index < -0.39 is 8.32 Å². The van der Waals surface area contributed by atoms with Crippen LogP contribution in [-0.2, 0) is 4.43 Å². The Morgan fingerprint density at radius 2 is 1.87 bits per heavy atom. The summed E-state index contributed by atoms with van der Waals surface area (Å²) in [6.45, 7) is 9.21. The van der Waals surface area contributed by atoms with E-state index in [0.29, 0.717) is 13.2 Å². The van der Waals surface area contributed by atoms with Crippen LogP contribution in [0, 0.1) is 0 Å². The topological polar surface area (TPSA) is 18.5 Å². The van der Waals surface area contributed by atoms with E-state index in [1.807, 2.05) is 36.0 Å². The predicted molar refractivity (Wildman–Crippen MR) is 65.6 cm³/mol. The maximum absolute atomic E-state index is 5.70. The van der Waals surface area contributed by atoms with Gasteiger partial charge in [-0.1, -0.05) is 23.9 Å². The first-order valence-corrected chi connectivity index (χ1v) is 8.08. The van der Waals surface area contributed by atoms with Gasteiger partial charge in [0.1, 0.15) is 12.4 Å². The summed E-state index contributed by atoms with van der Waals surface area (Å²) in [5, 5.41) is 0. The van der Waals surface area contributed by atoms with Gasteiger partial charge in [0.15, 0.2) is 0 Å². The number of benzene rings is 1. The molecule has 1 aromatic rings. The van der Waals surface area contributed by atoms with Gasteiger partial charge in [-0.15, -0.1) is 6.58 Å². The summed E-state index contributed by atoms with van der Waals surface area (Å²) in [4.78, 5) is 0. The monoisotopic (exact) mass is 222 g/mol. The Morgan fingerprint density at radius 1 is 1.20 bits per heavy atom. The molecule has 0 heterocycles. The molecule has 0 fully saturated rings. The van der Waals surface area contributed by atoms with Crippen LogP contribution in [0.15, 0.2) is 42.6 Å². The zero-order valence-electron chi connectivity index (χ0n) is 9.40. The van der Waals surface area contributed by atoms with Crippen molar-refractivity contribution in [3.8, 4) is 5.75 Å². The van der Waals surface area contributed by atoms with Gasteiger partial charge in [0.05, 0.1) is 6.61 Å². The molecule has 0 aromatic heterocycles. The maximum Gasteiger partial charge on any atom is 0.210 e. The minimum absolute atomic E-state index is 0.592. The lowest BCUT2D eigenvalue weighted by molar-refractivity contribution is 0.214.